The van der Waals surface area contributed by atoms with E-state index < -0.39 is 10.0 Å². The number of nitrogens with one attached hydrogen (secondary N) is 1. The van der Waals surface area contributed by atoms with Crippen LogP contribution in [-0.2, 0) is 10.0 Å². The molecule has 0 saturated carbocycles. The van der Waals surface area contributed by atoms with E-state index >= 15 is 0 Å². The molecule has 0 aliphatic rings. The third-order valence-corrected chi connectivity index (χ3v) is 4.94. The van der Waals surface area contributed by atoms with E-state index in [9.17, 15) is 8.42 Å². The Hall–Kier alpha value is -0.820. The van der Waals surface area contributed by atoms with E-state index in [1.165, 1.54) is 19.2 Å². The third-order valence-electron chi connectivity index (χ3n) is 2.94. The van der Waals surface area contributed by atoms with Crippen LogP contribution in [0.3, 0.4) is 0 Å². The van der Waals surface area contributed by atoms with Gasteiger partial charge in [0.2, 0.25) is 10.0 Å². The Morgan fingerprint density at radius 1 is 1.45 bits per heavy atom. The fourth-order valence-corrected chi connectivity index (χ4v) is 3.57. The van der Waals surface area contributed by atoms with Crippen LogP contribution >= 0.6 is 11.6 Å². The monoisotopic (exact) mass is 320 g/mol. The first-order valence-corrected chi connectivity index (χ1v) is 8.36. The van der Waals surface area contributed by atoms with E-state index in [1.807, 2.05) is 6.92 Å². The predicted molar refractivity (Wildman–Crippen MR) is 80.7 cm³/mol. The van der Waals surface area contributed by atoms with Gasteiger partial charge in [-0.3, -0.25) is 0 Å². The number of halogens is 1. The first-order chi connectivity index (χ1) is 9.44. The first kappa shape index (κ1) is 17.2. The van der Waals surface area contributed by atoms with Gasteiger partial charge in [0.25, 0.3) is 0 Å². The Morgan fingerprint density at radius 3 is 2.70 bits per heavy atom. The van der Waals surface area contributed by atoms with Gasteiger partial charge in [-0.2, -0.15) is 0 Å². The smallest absolute Gasteiger partial charge is 0.242 e. The lowest BCUT2D eigenvalue weighted by Crippen LogP contribution is -2.40. The topological polar surface area (TPSA) is 81.4 Å². The normalized spacial score (nSPS) is 13.2. The summed E-state index contributed by atoms with van der Waals surface area (Å²) in [4.78, 5) is 0.00784. The van der Waals surface area contributed by atoms with Crippen molar-refractivity contribution in [1.82, 2.24) is 4.72 Å². The van der Waals surface area contributed by atoms with Crippen molar-refractivity contribution >= 4 is 21.6 Å². The minimum atomic E-state index is -3.71. The number of hydrogen-bond acceptors (Lipinski definition) is 4. The maximum absolute atomic E-state index is 12.3. The van der Waals surface area contributed by atoms with Crippen molar-refractivity contribution in [3.8, 4) is 5.75 Å². The molecular weight excluding hydrogens is 300 g/mol. The average molecular weight is 321 g/mol. The first-order valence-electron chi connectivity index (χ1n) is 6.50. The van der Waals surface area contributed by atoms with Crippen LogP contribution in [0.15, 0.2) is 23.1 Å². The Labute approximate surface area is 125 Å². The molecule has 7 heteroatoms. The molecule has 20 heavy (non-hydrogen) atoms. The highest BCUT2D eigenvalue weighted by atomic mass is 35.5. The fraction of sp³-hybridized carbons (Fsp3) is 0.538. The van der Waals surface area contributed by atoms with Gasteiger partial charge in [0.15, 0.2) is 0 Å². The van der Waals surface area contributed by atoms with E-state index in [1.54, 1.807) is 6.07 Å². The lowest BCUT2D eigenvalue weighted by atomic mass is 10.1. The van der Waals surface area contributed by atoms with Crippen LogP contribution in [0, 0.1) is 0 Å². The van der Waals surface area contributed by atoms with Crippen molar-refractivity contribution in [3.63, 3.8) is 0 Å². The second-order valence-corrected chi connectivity index (χ2v) is 6.58. The largest absolute Gasteiger partial charge is 0.497 e. The van der Waals surface area contributed by atoms with Crippen LogP contribution in [0.1, 0.15) is 26.2 Å². The van der Waals surface area contributed by atoms with Gasteiger partial charge in [0.05, 0.1) is 12.1 Å². The van der Waals surface area contributed by atoms with Crippen molar-refractivity contribution in [2.24, 2.45) is 5.73 Å². The van der Waals surface area contributed by atoms with Gasteiger partial charge in [0, 0.05) is 18.7 Å². The summed E-state index contributed by atoms with van der Waals surface area (Å²) in [5.41, 5.74) is 5.61. The summed E-state index contributed by atoms with van der Waals surface area (Å²) in [6.07, 6.45) is 2.60. The molecule has 0 heterocycles. The zero-order chi connectivity index (χ0) is 15.2. The van der Waals surface area contributed by atoms with E-state index in [-0.39, 0.29) is 22.5 Å². The van der Waals surface area contributed by atoms with Gasteiger partial charge >= 0.3 is 0 Å². The number of hydrogen-bond donors (Lipinski definition) is 2. The number of methoxy groups -OCH3 is 1. The highest BCUT2D eigenvalue weighted by Crippen LogP contribution is 2.26. The van der Waals surface area contributed by atoms with Crippen LogP contribution in [0.25, 0.3) is 0 Å². The predicted octanol–water partition coefficient (Wildman–Crippen LogP) is 2.14. The summed E-state index contributed by atoms with van der Waals surface area (Å²) in [6, 6.07) is 4.22. The van der Waals surface area contributed by atoms with Crippen molar-refractivity contribution in [3.05, 3.63) is 23.2 Å². The minimum Gasteiger partial charge on any atom is -0.497 e. The molecule has 0 bridgehead atoms. The zero-order valence-corrected chi connectivity index (χ0v) is 13.3. The zero-order valence-electron chi connectivity index (χ0n) is 11.7. The molecule has 114 valence electrons. The summed E-state index contributed by atoms with van der Waals surface area (Å²) in [6.45, 7) is 2.29. The number of benzene rings is 1. The molecule has 3 N–H and O–H groups in total. The minimum absolute atomic E-state index is 0.00784. The SMILES string of the molecule is CCCCC(CN)NS(=O)(=O)c1cc(OC)ccc1Cl. The van der Waals surface area contributed by atoms with Crippen LogP contribution in [-0.4, -0.2) is 28.1 Å². The number of rotatable bonds is 8. The van der Waals surface area contributed by atoms with E-state index in [2.05, 4.69) is 4.72 Å². The van der Waals surface area contributed by atoms with E-state index in [0.717, 1.165) is 12.8 Å². The molecule has 1 unspecified atom stereocenters. The second-order valence-electron chi connectivity index (χ2n) is 4.49. The lowest BCUT2D eigenvalue weighted by Gasteiger charge is -2.17. The number of ether oxygens (including phenoxy) is 1. The van der Waals surface area contributed by atoms with Gasteiger partial charge in [0.1, 0.15) is 10.6 Å². The third kappa shape index (κ3) is 4.63. The van der Waals surface area contributed by atoms with E-state index in [0.29, 0.717) is 12.2 Å². The molecule has 0 spiro atoms. The molecular formula is C13H21ClN2O3S. The summed E-state index contributed by atoms with van der Waals surface area (Å²) in [7, 11) is -2.24. The second kappa shape index (κ2) is 7.83. The van der Waals surface area contributed by atoms with Crippen molar-refractivity contribution in [1.29, 1.82) is 0 Å². The molecule has 0 aliphatic carbocycles. The Balaban J connectivity index is 2.97. The Bertz CT molecular complexity index is 534. The number of nitrogens with two attached hydrogens (primary N) is 1. The van der Waals surface area contributed by atoms with Gasteiger partial charge in [-0.25, -0.2) is 13.1 Å². The van der Waals surface area contributed by atoms with Gasteiger partial charge in [-0.15, -0.1) is 0 Å². The average Bonchev–Trinajstić information content (AvgIpc) is 2.43. The van der Waals surface area contributed by atoms with Gasteiger partial charge in [-0.05, 0) is 18.6 Å². The van der Waals surface area contributed by atoms with Crippen LogP contribution in [0.5, 0.6) is 5.75 Å². The molecule has 0 fully saturated rings. The molecule has 0 saturated heterocycles. The molecule has 1 aromatic carbocycles. The number of unbranched alkanes of at least 4 members (excludes halogenated alkanes) is 1. The Morgan fingerprint density at radius 2 is 2.15 bits per heavy atom. The highest BCUT2D eigenvalue weighted by molar-refractivity contribution is 7.89. The molecule has 0 radical (unpaired) electrons. The van der Waals surface area contributed by atoms with E-state index in [4.69, 9.17) is 22.1 Å². The van der Waals surface area contributed by atoms with Crippen LogP contribution < -0.4 is 15.2 Å². The summed E-state index contributed by atoms with van der Waals surface area (Å²) < 4.78 is 32.3. The lowest BCUT2D eigenvalue weighted by molar-refractivity contribution is 0.413. The van der Waals surface area contributed by atoms with Gasteiger partial charge in [-0.1, -0.05) is 31.4 Å². The molecule has 0 amide bonds. The quantitative estimate of drug-likeness (QED) is 0.769. The summed E-state index contributed by atoms with van der Waals surface area (Å²) >= 11 is 5.96. The highest BCUT2D eigenvalue weighted by Gasteiger charge is 2.22. The molecule has 1 rings (SSSR count). The molecule has 1 atom stereocenters. The summed E-state index contributed by atoms with van der Waals surface area (Å²) in [5.74, 6) is 0.438. The number of sulfonamides is 1. The summed E-state index contributed by atoms with van der Waals surface area (Å²) in [5, 5.41) is 0.157. The standard InChI is InChI=1S/C13H21ClN2O3S/c1-3-4-5-10(9-15)16-20(17,18)13-8-11(19-2)6-7-12(13)14/h6-8,10,16H,3-5,9,15H2,1-2H3. The van der Waals surface area contributed by atoms with Gasteiger partial charge < -0.3 is 10.5 Å². The molecule has 0 aromatic heterocycles. The molecule has 5 nitrogen and oxygen atoms in total. The maximum Gasteiger partial charge on any atom is 0.242 e. The Kier molecular flexibility index (Phi) is 6.75. The fourth-order valence-electron chi connectivity index (χ4n) is 1.77. The van der Waals surface area contributed by atoms with Crippen LogP contribution in [0.2, 0.25) is 5.02 Å². The van der Waals surface area contributed by atoms with Crippen molar-refractivity contribution < 1.29 is 13.2 Å². The maximum atomic E-state index is 12.3. The molecule has 1 aromatic rings. The van der Waals surface area contributed by atoms with Crippen molar-refractivity contribution in [2.75, 3.05) is 13.7 Å². The van der Waals surface area contributed by atoms with Crippen molar-refractivity contribution in [2.45, 2.75) is 37.1 Å². The molecule has 0 aliphatic heterocycles. The van der Waals surface area contributed by atoms with Crippen LogP contribution in [0.4, 0.5) is 0 Å².